The standard InChI is InChI=1S/C19H21ClN2O4/c1-25-16-6-4-3-5-13(16)9-10-21-18(23)12-19(24)22-14-7-8-17(26-2)15(20)11-14/h3-8,11H,9-10,12H2,1-2H3,(H,21,23)(H,22,24). The maximum absolute atomic E-state index is 12.0. The van der Waals surface area contributed by atoms with Gasteiger partial charge in [-0.15, -0.1) is 0 Å². The van der Waals surface area contributed by atoms with Crippen LogP contribution in [0.2, 0.25) is 5.02 Å². The van der Waals surface area contributed by atoms with E-state index in [1.54, 1.807) is 25.3 Å². The number of para-hydroxylation sites is 1. The lowest BCUT2D eigenvalue weighted by atomic mass is 10.1. The van der Waals surface area contributed by atoms with Gasteiger partial charge in [-0.2, -0.15) is 0 Å². The van der Waals surface area contributed by atoms with E-state index in [1.165, 1.54) is 7.11 Å². The van der Waals surface area contributed by atoms with Crippen LogP contribution in [0.5, 0.6) is 11.5 Å². The molecule has 0 aliphatic rings. The van der Waals surface area contributed by atoms with Crippen molar-refractivity contribution in [1.29, 1.82) is 0 Å². The van der Waals surface area contributed by atoms with Crippen LogP contribution in [0.1, 0.15) is 12.0 Å². The number of carbonyl (C=O) groups excluding carboxylic acids is 2. The Balaban J connectivity index is 1.78. The third kappa shape index (κ3) is 5.67. The Morgan fingerprint density at radius 1 is 1.00 bits per heavy atom. The first-order chi connectivity index (χ1) is 12.5. The maximum Gasteiger partial charge on any atom is 0.233 e. The molecule has 0 aliphatic carbocycles. The van der Waals surface area contributed by atoms with Crippen LogP contribution < -0.4 is 20.1 Å². The summed E-state index contributed by atoms with van der Waals surface area (Å²) in [5, 5.41) is 5.74. The van der Waals surface area contributed by atoms with Crippen LogP contribution in [-0.2, 0) is 16.0 Å². The van der Waals surface area contributed by atoms with Gasteiger partial charge in [0.2, 0.25) is 11.8 Å². The summed E-state index contributed by atoms with van der Waals surface area (Å²) in [7, 11) is 3.11. The minimum absolute atomic E-state index is 0.268. The minimum atomic E-state index is -0.416. The Labute approximate surface area is 157 Å². The average Bonchev–Trinajstić information content (AvgIpc) is 2.62. The van der Waals surface area contributed by atoms with Crippen LogP contribution in [0, 0.1) is 0 Å². The molecule has 0 saturated carbocycles. The predicted octanol–water partition coefficient (Wildman–Crippen LogP) is 3.04. The van der Waals surface area contributed by atoms with Gasteiger partial charge in [-0.1, -0.05) is 29.8 Å². The van der Waals surface area contributed by atoms with Crippen molar-refractivity contribution >= 4 is 29.1 Å². The van der Waals surface area contributed by atoms with Gasteiger partial charge in [0, 0.05) is 12.2 Å². The van der Waals surface area contributed by atoms with E-state index < -0.39 is 5.91 Å². The van der Waals surface area contributed by atoms with Crippen molar-refractivity contribution in [3.05, 3.63) is 53.1 Å². The number of methoxy groups -OCH3 is 2. The van der Waals surface area contributed by atoms with Gasteiger partial charge >= 0.3 is 0 Å². The monoisotopic (exact) mass is 376 g/mol. The summed E-state index contributed by atoms with van der Waals surface area (Å²) < 4.78 is 10.3. The van der Waals surface area contributed by atoms with Crippen molar-refractivity contribution in [2.75, 3.05) is 26.1 Å². The van der Waals surface area contributed by atoms with Crippen LogP contribution in [0.3, 0.4) is 0 Å². The largest absolute Gasteiger partial charge is 0.496 e. The molecule has 2 aromatic carbocycles. The van der Waals surface area contributed by atoms with E-state index in [0.717, 1.165) is 11.3 Å². The highest BCUT2D eigenvalue weighted by Gasteiger charge is 2.11. The summed E-state index contributed by atoms with van der Waals surface area (Å²) in [6.45, 7) is 0.418. The highest BCUT2D eigenvalue weighted by molar-refractivity contribution is 6.32. The lowest BCUT2D eigenvalue weighted by Crippen LogP contribution is -2.29. The Kier molecular flexibility index (Phi) is 7.29. The van der Waals surface area contributed by atoms with Gasteiger partial charge in [0.25, 0.3) is 0 Å². The van der Waals surface area contributed by atoms with Crippen LogP contribution in [-0.4, -0.2) is 32.6 Å². The fraction of sp³-hybridized carbons (Fsp3) is 0.263. The first-order valence-electron chi connectivity index (χ1n) is 8.05. The number of carbonyl (C=O) groups is 2. The van der Waals surface area contributed by atoms with E-state index in [9.17, 15) is 9.59 Å². The van der Waals surface area contributed by atoms with Gasteiger partial charge in [-0.05, 0) is 36.2 Å². The summed E-state index contributed by atoms with van der Waals surface area (Å²) in [6, 6.07) is 12.5. The highest BCUT2D eigenvalue weighted by Crippen LogP contribution is 2.27. The third-order valence-corrected chi connectivity index (χ3v) is 3.96. The number of ether oxygens (including phenoxy) is 2. The molecule has 0 aromatic heterocycles. The zero-order valence-electron chi connectivity index (χ0n) is 14.7. The minimum Gasteiger partial charge on any atom is -0.496 e. The second-order valence-corrected chi connectivity index (χ2v) is 5.89. The number of anilines is 1. The number of nitrogens with one attached hydrogen (secondary N) is 2. The zero-order chi connectivity index (χ0) is 18.9. The van der Waals surface area contributed by atoms with Crippen LogP contribution in [0.4, 0.5) is 5.69 Å². The number of hydrogen-bond donors (Lipinski definition) is 2. The van der Waals surface area contributed by atoms with E-state index in [1.807, 2.05) is 24.3 Å². The molecule has 2 rings (SSSR count). The Morgan fingerprint density at radius 3 is 2.42 bits per heavy atom. The Bertz CT molecular complexity index is 780. The number of amides is 2. The molecule has 2 aromatic rings. The van der Waals surface area contributed by atoms with Crippen molar-refractivity contribution in [3.8, 4) is 11.5 Å². The lowest BCUT2D eigenvalue weighted by Gasteiger charge is -2.10. The molecule has 0 fully saturated rings. The number of halogens is 1. The molecule has 0 saturated heterocycles. The Hall–Kier alpha value is -2.73. The smallest absolute Gasteiger partial charge is 0.233 e. The van der Waals surface area contributed by atoms with Gasteiger partial charge in [0.05, 0.1) is 19.2 Å². The fourth-order valence-corrected chi connectivity index (χ4v) is 2.66. The number of rotatable bonds is 8. The Morgan fingerprint density at radius 2 is 1.73 bits per heavy atom. The van der Waals surface area contributed by atoms with Gasteiger partial charge < -0.3 is 20.1 Å². The molecule has 0 aliphatic heterocycles. The maximum atomic E-state index is 12.0. The molecule has 26 heavy (non-hydrogen) atoms. The van der Waals surface area contributed by atoms with Crippen molar-refractivity contribution in [3.63, 3.8) is 0 Å². The summed E-state index contributed by atoms with van der Waals surface area (Å²) in [5.41, 5.74) is 1.50. The molecule has 0 spiro atoms. The predicted molar refractivity (Wildman–Crippen MR) is 101 cm³/mol. The lowest BCUT2D eigenvalue weighted by molar-refractivity contribution is -0.126. The SMILES string of the molecule is COc1ccc(NC(=O)CC(=O)NCCc2ccccc2OC)cc1Cl. The van der Waals surface area contributed by atoms with Gasteiger partial charge in [0.15, 0.2) is 0 Å². The van der Waals surface area contributed by atoms with Crippen molar-refractivity contribution in [1.82, 2.24) is 5.32 Å². The van der Waals surface area contributed by atoms with E-state index in [2.05, 4.69) is 10.6 Å². The molecule has 0 unspecified atom stereocenters. The van der Waals surface area contributed by atoms with E-state index in [4.69, 9.17) is 21.1 Å². The normalized spacial score (nSPS) is 10.1. The topological polar surface area (TPSA) is 76.7 Å². The molecule has 0 bridgehead atoms. The molecular formula is C19H21ClN2O4. The fourth-order valence-electron chi connectivity index (χ4n) is 2.40. The van der Waals surface area contributed by atoms with Crippen LogP contribution in [0.25, 0.3) is 0 Å². The third-order valence-electron chi connectivity index (χ3n) is 3.67. The van der Waals surface area contributed by atoms with Crippen LogP contribution >= 0.6 is 11.6 Å². The van der Waals surface area contributed by atoms with Crippen molar-refractivity contribution in [2.45, 2.75) is 12.8 Å². The quantitative estimate of drug-likeness (QED) is 0.694. The molecule has 0 heterocycles. The summed E-state index contributed by atoms with van der Waals surface area (Å²) >= 11 is 6.00. The van der Waals surface area contributed by atoms with E-state index in [0.29, 0.717) is 29.4 Å². The van der Waals surface area contributed by atoms with Crippen molar-refractivity contribution < 1.29 is 19.1 Å². The summed E-state index contributed by atoms with van der Waals surface area (Å²) in [6.07, 6.45) is 0.348. The molecule has 6 nitrogen and oxygen atoms in total. The highest BCUT2D eigenvalue weighted by atomic mass is 35.5. The average molecular weight is 377 g/mol. The molecular weight excluding hydrogens is 356 g/mol. The second-order valence-electron chi connectivity index (χ2n) is 5.49. The molecule has 2 amide bonds. The van der Waals surface area contributed by atoms with E-state index >= 15 is 0 Å². The first-order valence-corrected chi connectivity index (χ1v) is 8.43. The van der Waals surface area contributed by atoms with Gasteiger partial charge in [0.1, 0.15) is 17.9 Å². The first kappa shape index (κ1) is 19.6. The molecule has 2 N–H and O–H groups in total. The second kappa shape index (κ2) is 9.68. The molecule has 0 radical (unpaired) electrons. The van der Waals surface area contributed by atoms with Gasteiger partial charge in [-0.3, -0.25) is 9.59 Å². The molecule has 138 valence electrons. The number of benzene rings is 2. The van der Waals surface area contributed by atoms with E-state index in [-0.39, 0.29) is 12.3 Å². The molecule has 0 atom stereocenters. The zero-order valence-corrected chi connectivity index (χ0v) is 15.4. The number of hydrogen-bond acceptors (Lipinski definition) is 4. The van der Waals surface area contributed by atoms with Gasteiger partial charge in [-0.25, -0.2) is 0 Å². The van der Waals surface area contributed by atoms with Crippen molar-refractivity contribution in [2.24, 2.45) is 0 Å². The summed E-state index contributed by atoms with van der Waals surface area (Å²) in [5.74, 6) is 0.521. The van der Waals surface area contributed by atoms with Crippen LogP contribution in [0.15, 0.2) is 42.5 Å². The molecule has 7 heteroatoms. The summed E-state index contributed by atoms with van der Waals surface area (Å²) in [4.78, 5) is 23.9.